The van der Waals surface area contributed by atoms with Crippen LogP contribution in [0.5, 0.6) is 0 Å². The molecule has 0 N–H and O–H groups in total. The molecule has 1 aromatic heterocycles. The average molecular weight is 366 g/mol. The maximum Gasteiger partial charge on any atom is 0.347 e. The Balaban J connectivity index is 1.75. The molecule has 1 aliphatic heterocycles. The summed E-state index contributed by atoms with van der Waals surface area (Å²) < 4.78 is 5.53. The summed E-state index contributed by atoms with van der Waals surface area (Å²) in [6, 6.07) is 27.9. The van der Waals surface area contributed by atoms with Gasteiger partial charge in [0.2, 0.25) is 0 Å². The van der Waals surface area contributed by atoms with Gasteiger partial charge in [0.25, 0.3) is 0 Å². The number of benzene rings is 3. The summed E-state index contributed by atoms with van der Waals surface area (Å²) >= 11 is 0. The molecule has 5 rings (SSSR count). The number of hydrogen-bond donors (Lipinski definition) is 0. The first-order chi connectivity index (χ1) is 13.8. The molecule has 2 heterocycles. The first-order valence-electron chi connectivity index (χ1n) is 9.26. The molecule has 4 aromatic rings. The molecule has 28 heavy (non-hydrogen) atoms. The van der Waals surface area contributed by atoms with Crippen LogP contribution in [0.1, 0.15) is 17.3 Å². The van der Waals surface area contributed by atoms with Crippen molar-refractivity contribution in [2.24, 2.45) is 4.99 Å². The Morgan fingerprint density at radius 2 is 1.54 bits per heavy atom. The maximum absolute atomic E-state index is 12.6. The highest BCUT2D eigenvalue weighted by atomic mass is 16.4. The largest absolute Gasteiger partial charge is 0.422 e. The lowest BCUT2D eigenvalue weighted by molar-refractivity contribution is 0.298. The highest BCUT2D eigenvalue weighted by molar-refractivity contribution is 5.76. The molecule has 0 bridgehead atoms. The minimum Gasteiger partial charge on any atom is -0.422 e. The maximum atomic E-state index is 12.6. The van der Waals surface area contributed by atoms with Crippen LogP contribution in [-0.4, -0.2) is 4.90 Å². The van der Waals surface area contributed by atoms with Crippen molar-refractivity contribution in [1.29, 1.82) is 0 Å². The quantitative estimate of drug-likeness (QED) is 0.522. The van der Waals surface area contributed by atoms with Gasteiger partial charge < -0.3 is 9.32 Å². The molecular weight excluding hydrogens is 348 g/mol. The molecule has 4 nitrogen and oxygen atoms in total. The molecule has 4 heteroatoms. The lowest BCUT2D eigenvalue weighted by Crippen LogP contribution is -2.45. The van der Waals surface area contributed by atoms with E-state index < -0.39 is 0 Å². The third kappa shape index (κ3) is 2.89. The Labute approximate surface area is 161 Å². The lowest BCUT2D eigenvalue weighted by Gasteiger charge is -2.30. The molecule has 0 radical (unpaired) electrons. The number of hydrogen-bond acceptors (Lipinski definition) is 4. The van der Waals surface area contributed by atoms with Crippen molar-refractivity contribution >= 4 is 17.2 Å². The number of fused-ring (bicyclic) bond motifs is 3. The topological polar surface area (TPSA) is 45.8 Å². The van der Waals surface area contributed by atoms with Crippen LogP contribution < -0.4 is 16.2 Å². The van der Waals surface area contributed by atoms with Crippen LogP contribution in [0.15, 0.2) is 99.1 Å². The Morgan fingerprint density at radius 3 is 2.32 bits per heavy atom. The molecule has 1 atom stereocenters. The second-order valence-corrected chi connectivity index (χ2v) is 6.85. The van der Waals surface area contributed by atoms with E-state index in [4.69, 9.17) is 9.41 Å². The lowest BCUT2D eigenvalue weighted by atomic mass is 10.1. The van der Waals surface area contributed by atoms with Crippen molar-refractivity contribution in [2.75, 3.05) is 0 Å². The van der Waals surface area contributed by atoms with Gasteiger partial charge in [-0.25, -0.2) is 4.79 Å². The molecule has 0 amide bonds. The van der Waals surface area contributed by atoms with E-state index in [1.807, 2.05) is 60.8 Å². The van der Waals surface area contributed by atoms with Gasteiger partial charge in [-0.1, -0.05) is 72.8 Å². The summed E-state index contributed by atoms with van der Waals surface area (Å²) in [6.45, 7) is 0.648. The van der Waals surface area contributed by atoms with Crippen molar-refractivity contribution in [2.45, 2.75) is 12.7 Å². The fourth-order valence-electron chi connectivity index (χ4n) is 3.65. The molecule has 0 saturated heterocycles. The fraction of sp³-hybridized carbons (Fsp3) is 0.0833. The van der Waals surface area contributed by atoms with Gasteiger partial charge in [0.1, 0.15) is 17.0 Å². The molecular formula is C24H18N2O2. The summed E-state index contributed by atoms with van der Waals surface area (Å²) in [5, 5.41) is 2.06. The molecule has 0 spiro atoms. The molecule has 0 saturated carbocycles. The Hall–Kier alpha value is -3.66. The zero-order chi connectivity index (χ0) is 18.9. The van der Waals surface area contributed by atoms with Gasteiger partial charge in [-0.3, -0.25) is 4.99 Å². The van der Waals surface area contributed by atoms with Gasteiger partial charge in [0.15, 0.2) is 0 Å². The second-order valence-electron chi connectivity index (χ2n) is 6.85. The Kier molecular flexibility index (Phi) is 4.02. The van der Waals surface area contributed by atoms with Crippen LogP contribution in [0.2, 0.25) is 0 Å². The van der Waals surface area contributed by atoms with Gasteiger partial charge in [0.05, 0.1) is 5.36 Å². The second kappa shape index (κ2) is 6.82. The van der Waals surface area contributed by atoms with Gasteiger partial charge in [-0.05, 0) is 23.3 Å². The van der Waals surface area contributed by atoms with E-state index in [0.717, 1.165) is 16.5 Å². The summed E-state index contributed by atoms with van der Waals surface area (Å²) in [4.78, 5) is 19.7. The third-order valence-electron chi connectivity index (χ3n) is 4.99. The van der Waals surface area contributed by atoms with E-state index >= 15 is 0 Å². The summed E-state index contributed by atoms with van der Waals surface area (Å²) in [5.41, 5.74) is 2.44. The van der Waals surface area contributed by atoms with Crippen LogP contribution in [0.4, 0.5) is 0 Å². The molecule has 0 unspecified atom stereocenters. The fourth-order valence-corrected chi connectivity index (χ4v) is 3.65. The van der Waals surface area contributed by atoms with Crippen LogP contribution in [0, 0.1) is 0 Å². The van der Waals surface area contributed by atoms with Crippen LogP contribution >= 0.6 is 0 Å². The smallest absolute Gasteiger partial charge is 0.347 e. The monoisotopic (exact) mass is 366 g/mol. The third-order valence-corrected chi connectivity index (χ3v) is 4.99. The Morgan fingerprint density at radius 1 is 0.857 bits per heavy atom. The minimum atomic E-state index is -0.359. The van der Waals surface area contributed by atoms with Crippen LogP contribution in [0.25, 0.3) is 17.2 Å². The van der Waals surface area contributed by atoms with Gasteiger partial charge >= 0.3 is 5.63 Å². The van der Waals surface area contributed by atoms with Crippen molar-refractivity contribution in [3.8, 4) is 0 Å². The van der Waals surface area contributed by atoms with E-state index in [1.165, 1.54) is 0 Å². The number of nitrogens with zero attached hydrogens (tertiary/aromatic N) is 2. The molecule has 0 aliphatic carbocycles. The van der Waals surface area contributed by atoms with Gasteiger partial charge in [-0.15, -0.1) is 0 Å². The predicted molar refractivity (Wildman–Crippen MR) is 109 cm³/mol. The first kappa shape index (κ1) is 16.5. The Bertz CT molecular complexity index is 1310. The molecule has 0 fully saturated rings. The average Bonchev–Trinajstić information content (AvgIpc) is 2.75. The number of rotatable bonds is 3. The van der Waals surface area contributed by atoms with Crippen molar-refractivity contribution in [1.82, 2.24) is 4.90 Å². The summed E-state index contributed by atoms with van der Waals surface area (Å²) in [5.74, 6) is 0. The molecule has 136 valence electrons. The van der Waals surface area contributed by atoms with Gasteiger partial charge in [0, 0.05) is 18.1 Å². The molecule has 1 aliphatic rings. The first-order valence-corrected chi connectivity index (χ1v) is 9.26. The highest BCUT2D eigenvalue weighted by Gasteiger charge is 2.22. The van der Waals surface area contributed by atoms with E-state index in [1.54, 1.807) is 6.07 Å². The van der Waals surface area contributed by atoms with E-state index in [9.17, 15) is 4.79 Å². The van der Waals surface area contributed by atoms with Crippen LogP contribution in [0.3, 0.4) is 0 Å². The standard InChI is InChI=1S/C24H18N2O2/c27-24-20-16-26(15-17-9-3-1-4-10-17)23(18-11-5-2-6-12-18)25-22(20)19-13-7-8-14-21(19)28-24/h1-14,16,23H,15H2/t23-/m1/s1. The zero-order valence-electron chi connectivity index (χ0n) is 15.2. The minimum absolute atomic E-state index is 0.209. The predicted octanol–water partition coefficient (Wildman–Crippen LogP) is 3.37. The molecule has 3 aromatic carbocycles. The summed E-state index contributed by atoms with van der Waals surface area (Å²) in [7, 11) is 0. The summed E-state index contributed by atoms with van der Waals surface area (Å²) in [6.07, 6.45) is 1.68. The number of para-hydroxylation sites is 1. The van der Waals surface area contributed by atoms with E-state index in [0.29, 0.717) is 22.7 Å². The zero-order valence-corrected chi connectivity index (χ0v) is 15.2. The van der Waals surface area contributed by atoms with Crippen LogP contribution in [-0.2, 0) is 6.54 Å². The van der Waals surface area contributed by atoms with Gasteiger partial charge in [-0.2, -0.15) is 0 Å². The van der Waals surface area contributed by atoms with E-state index in [2.05, 4.69) is 29.2 Å². The van der Waals surface area contributed by atoms with E-state index in [-0.39, 0.29) is 11.8 Å². The highest BCUT2D eigenvalue weighted by Crippen LogP contribution is 2.25. The van der Waals surface area contributed by atoms with Crippen molar-refractivity contribution in [3.05, 3.63) is 117 Å². The SMILES string of the molecule is O=c1oc2ccccc2c2c1=CN(Cc1ccccc1)[C@H](c1ccccc1)N=2. The van der Waals surface area contributed by atoms with Crippen molar-refractivity contribution in [3.63, 3.8) is 0 Å². The van der Waals surface area contributed by atoms with Crippen molar-refractivity contribution < 1.29 is 4.42 Å². The normalized spacial score (nSPS) is 15.6.